The number of carbonyl (C=O) groups is 1. The minimum absolute atomic E-state index is 0. The number of aromatic nitrogens is 7. The van der Waals surface area contributed by atoms with Crippen LogP contribution in [0.1, 0.15) is 43.5 Å². The molecule has 0 aliphatic carbocycles. The largest absolute Gasteiger partial charge is 0.383 e. The van der Waals surface area contributed by atoms with E-state index < -0.39 is 0 Å². The summed E-state index contributed by atoms with van der Waals surface area (Å²) in [4.78, 5) is 72.5. The molecule has 17 heteroatoms. The summed E-state index contributed by atoms with van der Waals surface area (Å²) >= 11 is 0. The number of nitrogens with one attached hydrogen (secondary N) is 2. The van der Waals surface area contributed by atoms with Gasteiger partial charge in [0.2, 0.25) is 12.2 Å². The van der Waals surface area contributed by atoms with Crippen LogP contribution >= 0.6 is 0 Å². The van der Waals surface area contributed by atoms with Crippen molar-refractivity contribution >= 4 is 41.7 Å². The lowest BCUT2D eigenvalue weighted by atomic mass is 10.1. The molecule has 7 heterocycles. The van der Waals surface area contributed by atoms with Crippen molar-refractivity contribution in [2.75, 3.05) is 32.6 Å². The number of allylic oxidation sites excluding steroid dienone is 1. The molecule has 1 amide bonds. The molecule has 53 heavy (non-hydrogen) atoms. The summed E-state index contributed by atoms with van der Waals surface area (Å²) in [5, 5.41) is 0. The van der Waals surface area contributed by atoms with Gasteiger partial charge < -0.3 is 25.5 Å². The number of H-pyrrole nitrogens is 2. The number of rotatable bonds is 0. The van der Waals surface area contributed by atoms with Crippen LogP contribution in [0.15, 0.2) is 74.5 Å². The summed E-state index contributed by atoms with van der Waals surface area (Å²) in [6.07, 6.45) is 14.2. The van der Waals surface area contributed by atoms with Crippen molar-refractivity contribution in [2.24, 2.45) is 14.1 Å². The van der Waals surface area contributed by atoms with E-state index in [4.69, 9.17) is 11.5 Å². The zero-order chi connectivity index (χ0) is 38.0. The summed E-state index contributed by atoms with van der Waals surface area (Å²) in [6, 6.07) is 3.52. The van der Waals surface area contributed by atoms with E-state index in [0.29, 0.717) is 35.6 Å². The maximum absolute atomic E-state index is 11.3. The van der Waals surface area contributed by atoms with Gasteiger partial charge in [-0.15, -0.1) is 0 Å². The standard InChI is InChI=1S/C7H8N4O.C7H9N4.2C7H9NO.C6H8N2O2.2CH4/c1-11-3-2-4-5(11)9-7(8)10-6(4)12;1-11-3-2-5-6(8)9-4-10-7(5)11;2*1-6-3-4-8(2)7(9)5-6;1-4-3-8(2)6(10)7-5(4)9;;/h3H,2H2,1H3,(H2-,8,9,10,12);3-4H,2H2,1H3,(H2,8,9,10);3-5H,1-2H3;3-4H,1,5H2,2H3;3H,1-2H3,(H,7,9,10);2*1H4/q;+1;;;;;/p+1. The van der Waals surface area contributed by atoms with Crippen LogP contribution in [0.4, 0.5) is 23.4 Å². The second-order valence-corrected chi connectivity index (χ2v) is 11.8. The van der Waals surface area contributed by atoms with Gasteiger partial charge in [-0.2, -0.15) is 4.98 Å². The van der Waals surface area contributed by atoms with Crippen molar-refractivity contribution < 1.29 is 13.9 Å². The summed E-state index contributed by atoms with van der Waals surface area (Å²) in [7, 11) is 8.87. The summed E-state index contributed by atoms with van der Waals surface area (Å²) in [5.74, 6) is 2.47. The summed E-state index contributed by atoms with van der Waals surface area (Å²) < 4.78 is 6.65. The van der Waals surface area contributed by atoms with Gasteiger partial charge >= 0.3 is 23.3 Å². The monoisotopic (exact) mass is 732 g/mol. The Hall–Kier alpha value is -6.52. The van der Waals surface area contributed by atoms with Crippen molar-refractivity contribution in [3.05, 3.63) is 119 Å². The first kappa shape index (κ1) is 44.5. The van der Waals surface area contributed by atoms with E-state index in [2.05, 4.69) is 31.5 Å². The molecule has 4 aromatic rings. The zero-order valence-corrected chi connectivity index (χ0v) is 29.8. The Morgan fingerprint density at radius 2 is 1.47 bits per heavy atom. The Bertz CT molecular complexity index is 2240. The molecule has 6 N–H and O–H groups in total. The van der Waals surface area contributed by atoms with Crippen LogP contribution in [-0.2, 0) is 31.7 Å². The first-order valence-electron chi connectivity index (χ1n) is 15.6. The first-order valence-corrected chi connectivity index (χ1v) is 15.6. The molecule has 3 aliphatic heterocycles. The van der Waals surface area contributed by atoms with Crippen molar-refractivity contribution in [3.63, 3.8) is 0 Å². The molecule has 0 spiro atoms. The Balaban J connectivity index is 0.000000330. The summed E-state index contributed by atoms with van der Waals surface area (Å²) in [6.45, 7) is 7.22. The Labute approximate surface area is 308 Å². The first-order chi connectivity index (χ1) is 24.0. The van der Waals surface area contributed by atoms with Gasteiger partial charge in [0.25, 0.3) is 16.7 Å². The van der Waals surface area contributed by atoms with Crippen LogP contribution in [0.3, 0.4) is 0 Å². The van der Waals surface area contributed by atoms with Gasteiger partial charge in [0.15, 0.2) is 0 Å². The fraction of sp³-hybridized carbons (Fsp3) is 0.333. The smallest absolute Gasteiger partial charge is 0.336 e. The topological polar surface area (TPSA) is 227 Å². The lowest BCUT2D eigenvalue weighted by Gasteiger charge is -2.16. The minimum atomic E-state index is -0.379. The van der Waals surface area contributed by atoms with Crippen molar-refractivity contribution in [3.8, 4) is 0 Å². The predicted octanol–water partition coefficient (Wildman–Crippen LogP) is 1.48. The number of amides is 1. The molecule has 0 atom stereocenters. The highest BCUT2D eigenvalue weighted by molar-refractivity contribution is 5.81. The van der Waals surface area contributed by atoms with Gasteiger partial charge in [-0.3, -0.25) is 29.1 Å². The van der Waals surface area contributed by atoms with E-state index in [-0.39, 0.29) is 49.1 Å². The van der Waals surface area contributed by atoms with Gasteiger partial charge in [-0.1, -0.05) is 21.4 Å². The van der Waals surface area contributed by atoms with Crippen molar-refractivity contribution in [1.82, 2.24) is 39.0 Å². The zero-order valence-electron chi connectivity index (χ0n) is 29.8. The normalized spacial score (nSPS) is 12.9. The lowest BCUT2D eigenvalue weighted by Crippen LogP contribution is -2.28. The van der Waals surface area contributed by atoms with Gasteiger partial charge in [-0.25, -0.2) is 13.9 Å². The molecule has 3 aliphatic rings. The van der Waals surface area contributed by atoms with E-state index in [0.717, 1.165) is 28.9 Å². The molecule has 284 valence electrons. The van der Waals surface area contributed by atoms with Crippen LogP contribution in [0.5, 0.6) is 0 Å². The van der Waals surface area contributed by atoms with Gasteiger partial charge in [0, 0.05) is 64.2 Å². The number of aryl methyl sites for hydroxylation is 4. The maximum Gasteiger partial charge on any atom is 0.336 e. The average molecular weight is 733 g/mol. The SMILES string of the molecule is C.C.C=C1C=CN(C)C(=O)C1.C[N+]1=CCc2c(N)ncnc21.C[N+]1=CCc2c1nc(N)[nH]c2=O.Cc1ccn(C)c(=O)c1.Cc1cn(C)c(=O)[nH]c1=O. The molecular formula is C36H52N12O5+2. The lowest BCUT2D eigenvalue weighted by molar-refractivity contribution is -0.401. The van der Waals surface area contributed by atoms with Crippen LogP contribution in [0.2, 0.25) is 0 Å². The van der Waals surface area contributed by atoms with Gasteiger partial charge in [0.1, 0.15) is 11.4 Å². The molecule has 0 fully saturated rings. The number of fused-ring (bicyclic) bond motifs is 2. The van der Waals surface area contributed by atoms with E-state index >= 15 is 0 Å². The fourth-order valence-electron chi connectivity index (χ4n) is 4.54. The molecule has 0 aromatic carbocycles. The molecule has 0 radical (unpaired) electrons. The highest BCUT2D eigenvalue weighted by atomic mass is 16.2. The highest BCUT2D eigenvalue weighted by Crippen LogP contribution is 2.22. The van der Waals surface area contributed by atoms with E-state index in [1.54, 1.807) is 60.6 Å². The fourth-order valence-corrected chi connectivity index (χ4v) is 4.54. The van der Waals surface area contributed by atoms with E-state index in [9.17, 15) is 24.0 Å². The number of nitrogens with two attached hydrogens (primary N) is 2. The number of hydrogen-bond acceptors (Lipinski definition) is 10. The maximum atomic E-state index is 11.3. The van der Waals surface area contributed by atoms with Crippen molar-refractivity contribution in [2.45, 2.75) is 48.0 Å². The van der Waals surface area contributed by atoms with Crippen LogP contribution < -0.4 is 33.8 Å². The molecule has 0 bridgehead atoms. The van der Waals surface area contributed by atoms with Crippen LogP contribution in [0.25, 0.3) is 0 Å². The Morgan fingerprint density at radius 1 is 0.849 bits per heavy atom. The molecule has 4 aromatic heterocycles. The third-order valence-corrected chi connectivity index (χ3v) is 7.63. The van der Waals surface area contributed by atoms with Gasteiger partial charge in [0.05, 0.1) is 38.5 Å². The number of nitrogen functional groups attached to an aromatic ring is 2. The molecule has 0 unspecified atom stereocenters. The number of carbonyl (C=O) groups excluding carboxylic acids is 1. The molecule has 17 nitrogen and oxygen atoms in total. The molecule has 7 rings (SSSR count). The van der Waals surface area contributed by atoms with Gasteiger partial charge in [-0.05, 0) is 47.1 Å². The Kier molecular flexibility index (Phi) is 16.6. The van der Waals surface area contributed by atoms with E-state index in [1.807, 2.05) is 50.2 Å². The second kappa shape index (κ2) is 19.8. The highest BCUT2D eigenvalue weighted by Gasteiger charge is 2.24. The molecule has 0 saturated heterocycles. The minimum Gasteiger partial charge on any atom is -0.383 e. The Morgan fingerprint density at radius 3 is 2.02 bits per heavy atom. The third-order valence-electron chi connectivity index (χ3n) is 7.63. The second-order valence-electron chi connectivity index (χ2n) is 11.8. The summed E-state index contributed by atoms with van der Waals surface area (Å²) in [5.41, 5.74) is 14.4. The molecular weight excluding hydrogens is 680 g/mol. The predicted molar refractivity (Wildman–Crippen MR) is 210 cm³/mol. The third kappa shape index (κ3) is 12.3. The number of aromatic amines is 2. The van der Waals surface area contributed by atoms with Crippen LogP contribution in [-0.4, -0.2) is 87.6 Å². The van der Waals surface area contributed by atoms with Crippen molar-refractivity contribution in [1.29, 1.82) is 0 Å². The number of hydrogen-bond donors (Lipinski definition) is 4. The number of anilines is 2. The van der Waals surface area contributed by atoms with E-state index in [1.165, 1.54) is 17.1 Å². The number of pyridine rings is 1. The van der Waals surface area contributed by atoms with Crippen LogP contribution in [0, 0.1) is 13.8 Å². The average Bonchev–Trinajstić information content (AvgIpc) is 3.64. The quantitative estimate of drug-likeness (QED) is 0.191. The molecule has 0 saturated carbocycles. The number of nitrogens with zero attached hydrogens (tertiary/aromatic N) is 8.